The molecule has 116 valence electrons. The highest BCUT2D eigenvalue weighted by Crippen LogP contribution is 2.23. The van der Waals surface area contributed by atoms with Gasteiger partial charge < -0.3 is 15.4 Å². The molecule has 0 radical (unpaired) electrons. The number of rotatable bonds is 4. The molecule has 0 saturated carbocycles. The van der Waals surface area contributed by atoms with Crippen LogP contribution in [0, 0.1) is 13.8 Å². The second-order valence-electron chi connectivity index (χ2n) is 5.38. The van der Waals surface area contributed by atoms with Gasteiger partial charge in [0.2, 0.25) is 0 Å². The third kappa shape index (κ3) is 3.79. The van der Waals surface area contributed by atoms with Crippen LogP contribution in [0.1, 0.15) is 29.7 Å². The molecule has 2 amide bonds. The number of nitrogens with one attached hydrogen (secondary N) is 2. The molecule has 2 aromatic rings. The summed E-state index contributed by atoms with van der Waals surface area (Å²) in [6.07, 6.45) is 0. The molecular weight excluding hydrogens is 276 g/mol. The Kier molecular flexibility index (Phi) is 5.04. The van der Waals surface area contributed by atoms with Crippen molar-refractivity contribution < 1.29 is 9.53 Å². The third-order valence-electron chi connectivity index (χ3n) is 3.59. The number of hydrogen-bond acceptors (Lipinski definition) is 2. The highest BCUT2D eigenvalue weighted by molar-refractivity contribution is 5.91. The summed E-state index contributed by atoms with van der Waals surface area (Å²) < 4.78 is 5.23. The van der Waals surface area contributed by atoms with Crippen LogP contribution in [-0.4, -0.2) is 13.1 Å². The van der Waals surface area contributed by atoms with Gasteiger partial charge in [0.25, 0.3) is 0 Å². The quantitative estimate of drug-likeness (QED) is 0.889. The Morgan fingerprint density at radius 1 is 1.14 bits per heavy atom. The number of carbonyl (C=O) groups is 1. The molecule has 0 aliphatic heterocycles. The van der Waals surface area contributed by atoms with Gasteiger partial charge in [-0.3, -0.25) is 0 Å². The number of hydrogen-bond donors (Lipinski definition) is 2. The summed E-state index contributed by atoms with van der Waals surface area (Å²) in [6, 6.07) is 13.2. The van der Waals surface area contributed by atoms with Gasteiger partial charge in [0.1, 0.15) is 5.75 Å². The van der Waals surface area contributed by atoms with Crippen molar-refractivity contribution in [1.82, 2.24) is 5.32 Å². The molecular formula is C18H22N2O2. The Hall–Kier alpha value is -2.49. The van der Waals surface area contributed by atoms with Gasteiger partial charge in [-0.15, -0.1) is 0 Å². The van der Waals surface area contributed by atoms with Crippen LogP contribution in [-0.2, 0) is 0 Å². The van der Waals surface area contributed by atoms with E-state index >= 15 is 0 Å². The van der Waals surface area contributed by atoms with Gasteiger partial charge in [0, 0.05) is 0 Å². The maximum atomic E-state index is 12.2. The molecule has 0 fully saturated rings. The highest BCUT2D eigenvalue weighted by Gasteiger charge is 2.13. The number of carbonyl (C=O) groups excluding carboxylic acids is 1. The van der Waals surface area contributed by atoms with Gasteiger partial charge in [0.05, 0.1) is 18.8 Å². The molecule has 22 heavy (non-hydrogen) atoms. The Labute approximate surface area is 131 Å². The molecule has 4 heteroatoms. The molecule has 0 unspecified atom stereocenters. The maximum Gasteiger partial charge on any atom is 0.319 e. The SMILES string of the molecule is COc1ccccc1NC(=O)N[C@H](C)c1ccc(C)cc1C. The van der Waals surface area contributed by atoms with Crippen molar-refractivity contribution in [3.63, 3.8) is 0 Å². The minimum atomic E-state index is -0.253. The summed E-state index contributed by atoms with van der Waals surface area (Å²) in [5, 5.41) is 5.77. The van der Waals surface area contributed by atoms with E-state index < -0.39 is 0 Å². The fourth-order valence-electron chi connectivity index (χ4n) is 2.49. The lowest BCUT2D eigenvalue weighted by Crippen LogP contribution is -2.31. The van der Waals surface area contributed by atoms with Crippen LogP contribution >= 0.6 is 0 Å². The van der Waals surface area contributed by atoms with E-state index in [9.17, 15) is 4.79 Å². The molecule has 0 bridgehead atoms. The minimum absolute atomic E-state index is 0.0738. The summed E-state index contributed by atoms with van der Waals surface area (Å²) in [6.45, 7) is 6.08. The van der Waals surface area contributed by atoms with Crippen LogP contribution in [0.5, 0.6) is 5.75 Å². The zero-order valence-corrected chi connectivity index (χ0v) is 13.4. The first kappa shape index (κ1) is 15.9. The van der Waals surface area contributed by atoms with Crippen molar-refractivity contribution in [2.75, 3.05) is 12.4 Å². The Morgan fingerprint density at radius 2 is 1.86 bits per heavy atom. The average Bonchev–Trinajstić information content (AvgIpc) is 2.47. The van der Waals surface area contributed by atoms with Crippen molar-refractivity contribution in [2.24, 2.45) is 0 Å². The number of methoxy groups -OCH3 is 1. The summed E-state index contributed by atoms with van der Waals surface area (Å²) >= 11 is 0. The number of benzene rings is 2. The zero-order chi connectivity index (χ0) is 16.1. The summed E-state index contributed by atoms with van der Waals surface area (Å²) in [4.78, 5) is 12.2. The Morgan fingerprint density at radius 3 is 2.55 bits per heavy atom. The predicted octanol–water partition coefficient (Wildman–Crippen LogP) is 4.19. The van der Waals surface area contributed by atoms with E-state index in [1.54, 1.807) is 13.2 Å². The number of ether oxygens (including phenoxy) is 1. The molecule has 2 rings (SSSR count). The fraction of sp³-hybridized carbons (Fsp3) is 0.278. The van der Waals surface area contributed by atoms with Gasteiger partial charge in [-0.2, -0.15) is 0 Å². The molecule has 0 spiro atoms. The van der Waals surface area contributed by atoms with Gasteiger partial charge in [-0.05, 0) is 44.0 Å². The largest absolute Gasteiger partial charge is 0.495 e. The molecule has 0 aromatic heterocycles. The first-order chi connectivity index (χ1) is 10.5. The maximum absolute atomic E-state index is 12.2. The zero-order valence-electron chi connectivity index (χ0n) is 13.4. The van der Waals surface area contributed by atoms with Crippen LogP contribution in [0.15, 0.2) is 42.5 Å². The predicted molar refractivity (Wildman–Crippen MR) is 89.5 cm³/mol. The van der Waals surface area contributed by atoms with Crippen molar-refractivity contribution in [3.8, 4) is 5.75 Å². The number of aryl methyl sites for hydroxylation is 2. The molecule has 2 N–H and O–H groups in total. The van der Waals surface area contributed by atoms with Crippen LogP contribution in [0.3, 0.4) is 0 Å². The molecule has 1 atom stereocenters. The molecule has 0 saturated heterocycles. The fourth-order valence-corrected chi connectivity index (χ4v) is 2.49. The van der Waals surface area contributed by atoms with Crippen molar-refractivity contribution in [1.29, 1.82) is 0 Å². The van der Waals surface area contributed by atoms with Gasteiger partial charge >= 0.3 is 6.03 Å². The lowest BCUT2D eigenvalue weighted by molar-refractivity contribution is 0.249. The first-order valence-corrected chi connectivity index (χ1v) is 7.29. The van der Waals surface area contributed by atoms with Crippen LogP contribution in [0.2, 0.25) is 0 Å². The summed E-state index contributed by atoms with van der Waals surface area (Å²) in [7, 11) is 1.58. The molecule has 4 nitrogen and oxygen atoms in total. The first-order valence-electron chi connectivity index (χ1n) is 7.29. The van der Waals surface area contributed by atoms with Crippen LogP contribution in [0.25, 0.3) is 0 Å². The monoisotopic (exact) mass is 298 g/mol. The number of para-hydroxylation sites is 2. The molecule has 0 aliphatic rings. The van der Waals surface area contributed by atoms with Gasteiger partial charge in [0.15, 0.2) is 0 Å². The van der Waals surface area contributed by atoms with E-state index in [-0.39, 0.29) is 12.1 Å². The van der Waals surface area contributed by atoms with Gasteiger partial charge in [-0.25, -0.2) is 4.79 Å². The van der Waals surface area contributed by atoms with E-state index in [0.717, 1.165) is 5.56 Å². The Balaban J connectivity index is 2.05. The lowest BCUT2D eigenvalue weighted by Gasteiger charge is -2.18. The van der Waals surface area contributed by atoms with E-state index in [0.29, 0.717) is 11.4 Å². The lowest BCUT2D eigenvalue weighted by atomic mass is 10.0. The topological polar surface area (TPSA) is 50.4 Å². The normalized spacial score (nSPS) is 11.6. The summed E-state index contributed by atoms with van der Waals surface area (Å²) in [5.41, 5.74) is 4.15. The second kappa shape index (κ2) is 6.98. The third-order valence-corrected chi connectivity index (χ3v) is 3.59. The highest BCUT2D eigenvalue weighted by atomic mass is 16.5. The molecule has 2 aromatic carbocycles. The number of urea groups is 1. The van der Waals surface area contributed by atoms with Crippen molar-refractivity contribution in [3.05, 3.63) is 59.2 Å². The van der Waals surface area contributed by atoms with Crippen molar-refractivity contribution in [2.45, 2.75) is 26.8 Å². The van der Waals surface area contributed by atoms with Crippen molar-refractivity contribution >= 4 is 11.7 Å². The molecule has 0 aliphatic carbocycles. The molecule has 0 heterocycles. The van der Waals surface area contributed by atoms with E-state index in [4.69, 9.17) is 4.74 Å². The van der Waals surface area contributed by atoms with Crippen LogP contribution in [0.4, 0.5) is 10.5 Å². The number of anilines is 1. The Bertz CT molecular complexity index is 668. The average molecular weight is 298 g/mol. The standard InChI is InChI=1S/C18H22N2O2/c1-12-9-10-15(13(2)11-12)14(3)19-18(21)20-16-7-5-6-8-17(16)22-4/h5-11,14H,1-4H3,(H2,19,20,21)/t14-/m1/s1. The smallest absolute Gasteiger partial charge is 0.319 e. The van der Waals surface area contributed by atoms with E-state index in [1.807, 2.05) is 25.1 Å². The van der Waals surface area contributed by atoms with E-state index in [2.05, 4.69) is 42.7 Å². The van der Waals surface area contributed by atoms with Crippen LogP contribution < -0.4 is 15.4 Å². The second-order valence-corrected chi connectivity index (χ2v) is 5.38. The summed E-state index contributed by atoms with van der Waals surface area (Å²) in [5.74, 6) is 0.636. The van der Waals surface area contributed by atoms with E-state index in [1.165, 1.54) is 11.1 Å². The number of amides is 2. The van der Waals surface area contributed by atoms with Gasteiger partial charge in [-0.1, -0.05) is 35.9 Å². The minimum Gasteiger partial charge on any atom is -0.495 e.